The van der Waals surface area contributed by atoms with Crippen molar-refractivity contribution in [3.63, 3.8) is 0 Å². The smallest absolute Gasteiger partial charge is 0.280 e. The van der Waals surface area contributed by atoms with Gasteiger partial charge in [0.05, 0.1) is 0 Å². The third-order valence-electron chi connectivity index (χ3n) is 1.94. The van der Waals surface area contributed by atoms with Gasteiger partial charge in [-0.05, 0) is 18.2 Å². The normalized spacial score (nSPS) is 9.75. The van der Waals surface area contributed by atoms with Crippen LogP contribution in [-0.2, 0) is 0 Å². The number of nitrogens with one attached hydrogen (secondary N) is 1. The summed E-state index contributed by atoms with van der Waals surface area (Å²) in [6, 6.07) is 12.1. The zero-order valence-electron chi connectivity index (χ0n) is 8.29. The molecule has 0 aliphatic rings. The second kappa shape index (κ2) is 4.39. The Hall–Kier alpha value is -2.43. The van der Waals surface area contributed by atoms with Gasteiger partial charge in [0, 0.05) is 6.07 Å². The highest BCUT2D eigenvalue weighted by Gasteiger charge is 1.97. The van der Waals surface area contributed by atoms with Crippen LogP contribution in [0.2, 0.25) is 0 Å². The first kappa shape index (κ1) is 10.1. The standard InChI is InChI=1S/C11H9N2O3/c14-13(15)11-7-6-10(8-12-11)16-9-4-2-1-3-5-9/h1-8,12H/q-1. The van der Waals surface area contributed by atoms with Crippen molar-refractivity contribution in [3.8, 4) is 11.5 Å². The lowest BCUT2D eigenvalue weighted by Gasteiger charge is -2.09. The summed E-state index contributed by atoms with van der Waals surface area (Å²) in [6.45, 7) is 0. The Balaban J connectivity index is 2.21. The molecular formula is C11H9N2O3-. The molecule has 1 heterocycles. The predicted molar refractivity (Wildman–Crippen MR) is 59.3 cm³/mol. The van der Waals surface area contributed by atoms with E-state index in [2.05, 4.69) is 4.98 Å². The van der Waals surface area contributed by atoms with Gasteiger partial charge < -0.3 is 15.2 Å². The summed E-state index contributed by atoms with van der Waals surface area (Å²) in [4.78, 5) is 2.04. The van der Waals surface area contributed by atoms with Crippen molar-refractivity contribution in [2.45, 2.75) is 0 Å². The van der Waals surface area contributed by atoms with Gasteiger partial charge in [0.25, 0.3) is 5.49 Å². The largest absolute Gasteiger partial charge is 0.712 e. The van der Waals surface area contributed by atoms with Gasteiger partial charge in [-0.1, -0.05) is 18.2 Å². The van der Waals surface area contributed by atoms with E-state index in [1.54, 1.807) is 18.2 Å². The number of ether oxygens (including phenoxy) is 1. The molecule has 0 atom stereocenters. The molecule has 0 saturated heterocycles. The van der Waals surface area contributed by atoms with E-state index >= 15 is 0 Å². The Morgan fingerprint density at radius 3 is 2.25 bits per heavy atom. The van der Waals surface area contributed by atoms with E-state index in [4.69, 9.17) is 4.74 Å². The first-order valence-corrected chi connectivity index (χ1v) is 4.65. The van der Waals surface area contributed by atoms with E-state index in [-0.39, 0.29) is 5.49 Å². The molecule has 5 nitrogen and oxygen atoms in total. The summed E-state index contributed by atoms with van der Waals surface area (Å²) in [6.07, 6.45) is 1.45. The van der Waals surface area contributed by atoms with E-state index in [0.717, 1.165) is 0 Å². The van der Waals surface area contributed by atoms with Crippen molar-refractivity contribution in [1.82, 2.24) is 9.89 Å². The number of nitrogens with zero attached hydrogens (tertiary/aromatic N) is 1. The predicted octanol–water partition coefficient (Wildman–Crippen LogP) is 1.57. The van der Waals surface area contributed by atoms with Gasteiger partial charge in [-0.3, -0.25) is 4.90 Å². The van der Waals surface area contributed by atoms with Crippen molar-refractivity contribution >= 4 is 0 Å². The van der Waals surface area contributed by atoms with Crippen molar-refractivity contribution in [3.05, 3.63) is 64.6 Å². The van der Waals surface area contributed by atoms with E-state index in [0.29, 0.717) is 11.5 Å². The fourth-order valence-electron chi connectivity index (χ4n) is 1.20. The van der Waals surface area contributed by atoms with Crippen LogP contribution in [0.4, 0.5) is 0 Å². The number of hydrogen-bond donors (Lipinski definition) is 1. The first-order chi connectivity index (χ1) is 7.75. The zero-order chi connectivity index (χ0) is 11.4. The molecule has 0 unspecified atom stereocenters. The number of hydrogen-bond acceptors (Lipinski definition) is 3. The summed E-state index contributed by atoms with van der Waals surface area (Å²) >= 11 is 0. The summed E-state index contributed by atoms with van der Waals surface area (Å²) in [5.74, 6) is 1.21. The summed E-state index contributed by atoms with van der Waals surface area (Å²) in [5, 5.41) is 20.8. The maximum Gasteiger partial charge on any atom is 0.280 e. The molecule has 82 valence electrons. The summed E-state index contributed by atoms with van der Waals surface area (Å²) in [5.41, 5.74) is -0.0691. The fourth-order valence-corrected chi connectivity index (χ4v) is 1.20. The van der Waals surface area contributed by atoms with Crippen molar-refractivity contribution in [2.24, 2.45) is 0 Å². The average molecular weight is 217 g/mol. The van der Waals surface area contributed by atoms with Crippen LogP contribution in [0.5, 0.6) is 11.5 Å². The van der Waals surface area contributed by atoms with Crippen LogP contribution in [-0.4, -0.2) is 4.98 Å². The molecule has 1 aromatic heterocycles. The van der Waals surface area contributed by atoms with Crippen molar-refractivity contribution in [1.29, 1.82) is 0 Å². The van der Waals surface area contributed by atoms with Gasteiger partial charge >= 0.3 is 0 Å². The van der Waals surface area contributed by atoms with Gasteiger partial charge in [0.1, 0.15) is 11.9 Å². The Bertz CT molecular complexity index is 510. The third-order valence-corrected chi connectivity index (χ3v) is 1.94. The maximum atomic E-state index is 10.4. The Morgan fingerprint density at radius 1 is 0.938 bits per heavy atom. The molecule has 1 aromatic carbocycles. The monoisotopic (exact) mass is 217 g/mol. The maximum absolute atomic E-state index is 10.4. The molecule has 0 saturated carbocycles. The average Bonchev–Trinajstić information content (AvgIpc) is 2.31. The summed E-state index contributed by atoms with van der Waals surface area (Å²) < 4.78 is 5.46. The first-order valence-electron chi connectivity index (χ1n) is 4.65. The lowest BCUT2D eigenvalue weighted by atomic mass is 10.3. The second-order valence-electron chi connectivity index (χ2n) is 3.08. The number of pyridine rings is 1. The molecule has 0 radical (unpaired) electrons. The highest BCUT2D eigenvalue weighted by molar-refractivity contribution is 5.28. The van der Waals surface area contributed by atoms with Gasteiger partial charge in [0.15, 0.2) is 5.75 Å². The van der Waals surface area contributed by atoms with Crippen molar-refractivity contribution in [2.75, 3.05) is 0 Å². The fraction of sp³-hybridized carbons (Fsp3) is 0. The van der Waals surface area contributed by atoms with Gasteiger partial charge in [-0.2, -0.15) is 0 Å². The Labute approximate surface area is 91.4 Å². The molecule has 5 heteroatoms. The van der Waals surface area contributed by atoms with Crippen LogP contribution in [0.25, 0.3) is 0 Å². The van der Waals surface area contributed by atoms with E-state index in [9.17, 15) is 10.4 Å². The highest BCUT2D eigenvalue weighted by Crippen LogP contribution is 2.18. The van der Waals surface area contributed by atoms with Crippen molar-refractivity contribution < 1.29 is 4.74 Å². The van der Waals surface area contributed by atoms with E-state index in [1.165, 1.54) is 12.3 Å². The lowest BCUT2D eigenvalue weighted by molar-refractivity contribution is 0.479. The van der Waals surface area contributed by atoms with Gasteiger partial charge in [-0.15, -0.1) is 0 Å². The quantitative estimate of drug-likeness (QED) is 0.776. The number of benzene rings is 1. The molecule has 0 bridgehead atoms. The number of para-hydroxylation sites is 1. The van der Waals surface area contributed by atoms with Crippen LogP contribution >= 0.6 is 0 Å². The topological polar surface area (TPSA) is 74.2 Å². The van der Waals surface area contributed by atoms with Crippen LogP contribution in [0, 0.1) is 10.4 Å². The minimum absolute atomic E-state index is 0.0691. The highest BCUT2D eigenvalue weighted by atomic mass is 16.8. The van der Waals surface area contributed by atoms with Gasteiger partial charge in [0.2, 0.25) is 0 Å². The van der Waals surface area contributed by atoms with Crippen LogP contribution < -0.4 is 15.1 Å². The zero-order valence-corrected chi connectivity index (χ0v) is 8.29. The molecule has 2 rings (SSSR count). The minimum atomic E-state index is -0.494. The van der Waals surface area contributed by atoms with Crippen LogP contribution in [0.15, 0.2) is 48.7 Å². The molecule has 1 N–H and O–H groups in total. The number of rotatable bonds is 2. The summed E-state index contributed by atoms with van der Waals surface area (Å²) in [7, 11) is 0. The number of aromatic amines is 1. The lowest BCUT2D eigenvalue weighted by Crippen LogP contribution is -2.20. The van der Waals surface area contributed by atoms with E-state index < -0.39 is 4.90 Å². The molecule has 0 aliphatic carbocycles. The molecule has 0 aliphatic heterocycles. The van der Waals surface area contributed by atoms with E-state index in [1.807, 2.05) is 18.2 Å². The minimum Gasteiger partial charge on any atom is -0.712 e. The number of aromatic nitrogens is 1. The Morgan fingerprint density at radius 2 is 1.69 bits per heavy atom. The molecule has 0 amide bonds. The molecule has 2 aromatic rings. The van der Waals surface area contributed by atoms with Gasteiger partial charge in [-0.25, -0.2) is 4.98 Å². The molecule has 0 spiro atoms. The molecule has 16 heavy (non-hydrogen) atoms. The Kier molecular flexibility index (Phi) is 2.77. The van der Waals surface area contributed by atoms with Crippen LogP contribution in [0.1, 0.15) is 0 Å². The van der Waals surface area contributed by atoms with Crippen LogP contribution in [0.3, 0.4) is 0 Å². The number of H-pyrrole nitrogens is 1. The molecular weight excluding hydrogens is 208 g/mol. The molecule has 0 fully saturated rings. The second-order valence-corrected chi connectivity index (χ2v) is 3.08. The SMILES string of the molecule is [O-][N+]([O-])=c1ccc(Oc2ccccc2)c[nH]1. The third kappa shape index (κ3) is 2.33.